The molecule has 0 radical (unpaired) electrons. The van der Waals surface area contributed by atoms with Crippen molar-refractivity contribution < 1.29 is 24.2 Å². The Hall–Kier alpha value is -2.24. The fraction of sp³-hybridized carbons (Fsp3) is 0.467. The number of carboxylic acids is 1. The Kier molecular flexibility index (Phi) is 3.68. The molecule has 1 fully saturated rings. The quantitative estimate of drug-likeness (QED) is 0.896. The van der Waals surface area contributed by atoms with Crippen LogP contribution >= 0.6 is 0 Å². The molecule has 1 saturated heterocycles. The average molecular weight is 291 g/mol. The van der Waals surface area contributed by atoms with Gasteiger partial charge < -0.3 is 19.5 Å². The number of carbonyl (C=O) groups is 2. The van der Waals surface area contributed by atoms with Crippen LogP contribution < -0.4 is 9.47 Å². The number of carbonyl (C=O) groups excluding carboxylic acids is 1. The first-order valence-electron chi connectivity index (χ1n) is 7.02. The van der Waals surface area contributed by atoms with E-state index < -0.39 is 11.9 Å². The molecule has 2 aliphatic rings. The van der Waals surface area contributed by atoms with Gasteiger partial charge in [-0.25, -0.2) is 0 Å². The van der Waals surface area contributed by atoms with Gasteiger partial charge in [0.25, 0.3) is 0 Å². The number of likely N-dealkylation sites (tertiary alicyclic amines) is 1. The lowest BCUT2D eigenvalue weighted by Crippen LogP contribution is -2.31. The molecule has 1 N–H and O–H groups in total. The van der Waals surface area contributed by atoms with Gasteiger partial charge >= 0.3 is 5.97 Å². The van der Waals surface area contributed by atoms with Crippen molar-refractivity contribution in [1.82, 2.24) is 4.90 Å². The molecule has 1 aromatic carbocycles. The molecule has 6 nitrogen and oxygen atoms in total. The number of amides is 1. The van der Waals surface area contributed by atoms with Crippen molar-refractivity contribution in [1.29, 1.82) is 0 Å². The maximum atomic E-state index is 12.2. The summed E-state index contributed by atoms with van der Waals surface area (Å²) in [5, 5.41) is 8.97. The molecule has 0 unspecified atom stereocenters. The maximum absolute atomic E-state index is 12.2. The molecule has 1 amide bonds. The van der Waals surface area contributed by atoms with E-state index >= 15 is 0 Å². The molecule has 0 aromatic heterocycles. The van der Waals surface area contributed by atoms with E-state index in [1.54, 1.807) is 11.0 Å². The summed E-state index contributed by atoms with van der Waals surface area (Å²) < 4.78 is 10.9. The summed E-state index contributed by atoms with van der Waals surface area (Å²) in [5.74, 6) is 0.0511. The van der Waals surface area contributed by atoms with Gasteiger partial charge in [0.05, 0.1) is 12.3 Å². The lowest BCUT2D eigenvalue weighted by Gasteiger charge is -2.20. The summed E-state index contributed by atoms with van der Waals surface area (Å²) >= 11 is 0. The summed E-state index contributed by atoms with van der Waals surface area (Å²) in [6.45, 7) is 1.87. The lowest BCUT2D eigenvalue weighted by molar-refractivity contribution is -0.141. The van der Waals surface area contributed by atoms with Gasteiger partial charge in [-0.2, -0.15) is 0 Å². The number of hydrogen-bond acceptors (Lipinski definition) is 4. The van der Waals surface area contributed by atoms with Gasteiger partial charge in [-0.1, -0.05) is 6.07 Å². The van der Waals surface area contributed by atoms with Gasteiger partial charge in [0.1, 0.15) is 13.2 Å². The third-order valence-corrected chi connectivity index (χ3v) is 3.85. The highest BCUT2D eigenvalue weighted by Crippen LogP contribution is 2.31. The number of nitrogens with zero attached hydrogens (tertiary/aromatic N) is 1. The van der Waals surface area contributed by atoms with Gasteiger partial charge in [-0.3, -0.25) is 9.59 Å². The molecule has 21 heavy (non-hydrogen) atoms. The van der Waals surface area contributed by atoms with Crippen LogP contribution in [0, 0.1) is 5.92 Å². The maximum Gasteiger partial charge on any atom is 0.308 e. The van der Waals surface area contributed by atoms with Crippen LogP contribution in [0.5, 0.6) is 11.5 Å². The van der Waals surface area contributed by atoms with E-state index in [9.17, 15) is 9.59 Å². The molecule has 6 heteroatoms. The first-order chi connectivity index (χ1) is 10.1. The first kappa shape index (κ1) is 13.7. The standard InChI is InChI=1S/C15H17NO5/c17-14(16-4-3-11(9-16)15(18)19)8-10-1-2-12-13(7-10)21-6-5-20-12/h1-2,7,11H,3-6,8-9H2,(H,18,19)/t11-/m0/s1. The predicted octanol–water partition coefficient (Wildman–Crippen LogP) is 0.933. The molecule has 2 aliphatic heterocycles. The fourth-order valence-corrected chi connectivity index (χ4v) is 2.67. The third kappa shape index (κ3) is 2.94. The molecule has 3 rings (SSSR count). The van der Waals surface area contributed by atoms with Crippen LogP contribution in [-0.4, -0.2) is 48.2 Å². The molecule has 112 valence electrons. The van der Waals surface area contributed by atoms with Crippen molar-refractivity contribution in [3.63, 3.8) is 0 Å². The summed E-state index contributed by atoms with van der Waals surface area (Å²) in [5.41, 5.74) is 0.850. The zero-order valence-corrected chi connectivity index (χ0v) is 11.6. The second-order valence-electron chi connectivity index (χ2n) is 5.32. The molecule has 0 saturated carbocycles. The largest absolute Gasteiger partial charge is 0.486 e. The molecular formula is C15H17NO5. The van der Waals surface area contributed by atoms with Gasteiger partial charge in [-0.15, -0.1) is 0 Å². The van der Waals surface area contributed by atoms with Gasteiger partial charge in [0, 0.05) is 13.1 Å². The number of fused-ring (bicyclic) bond motifs is 1. The number of rotatable bonds is 3. The van der Waals surface area contributed by atoms with E-state index in [0.29, 0.717) is 44.2 Å². The van der Waals surface area contributed by atoms with Crippen LogP contribution in [0.1, 0.15) is 12.0 Å². The molecule has 1 aromatic rings. The molecule has 0 bridgehead atoms. The van der Waals surface area contributed by atoms with Crippen LogP contribution in [0.4, 0.5) is 0 Å². The Labute approximate surface area is 122 Å². The minimum absolute atomic E-state index is 0.0459. The van der Waals surface area contributed by atoms with Crippen molar-refractivity contribution in [3.8, 4) is 11.5 Å². The van der Waals surface area contributed by atoms with Gasteiger partial charge in [0.2, 0.25) is 5.91 Å². The zero-order chi connectivity index (χ0) is 14.8. The highest BCUT2D eigenvalue weighted by Gasteiger charge is 2.30. The Morgan fingerprint density at radius 2 is 2.00 bits per heavy atom. The van der Waals surface area contributed by atoms with Crippen LogP contribution in [0.25, 0.3) is 0 Å². The summed E-state index contributed by atoms with van der Waals surface area (Å²) in [4.78, 5) is 24.8. The van der Waals surface area contributed by atoms with Crippen LogP contribution in [-0.2, 0) is 16.0 Å². The molecule has 2 heterocycles. The molecule has 1 atom stereocenters. The van der Waals surface area contributed by atoms with Crippen molar-refractivity contribution in [3.05, 3.63) is 23.8 Å². The zero-order valence-electron chi connectivity index (χ0n) is 11.6. The normalized spacial score (nSPS) is 20.4. The highest BCUT2D eigenvalue weighted by molar-refractivity contribution is 5.81. The van der Waals surface area contributed by atoms with Crippen molar-refractivity contribution in [2.75, 3.05) is 26.3 Å². The molecule has 0 spiro atoms. The van der Waals surface area contributed by atoms with Crippen LogP contribution in [0.2, 0.25) is 0 Å². The minimum Gasteiger partial charge on any atom is -0.486 e. The SMILES string of the molecule is O=C(O)[C@H]1CCN(C(=O)Cc2ccc3c(c2)OCCO3)C1. The number of aliphatic carboxylic acids is 1. The number of hydrogen-bond donors (Lipinski definition) is 1. The molecular weight excluding hydrogens is 274 g/mol. The van der Waals surface area contributed by atoms with E-state index in [4.69, 9.17) is 14.6 Å². The van der Waals surface area contributed by atoms with Crippen LogP contribution in [0.15, 0.2) is 18.2 Å². The van der Waals surface area contributed by atoms with Crippen molar-refractivity contribution in [2.24, 2.45) is 5.92 Å². The summed E-state index contributed by atoms with van der Waals surface area (Å²) in [6, 6.07) is 5.47. The Morgan fingerprint density at radius 3 is 2.71 bits per heavy atom. The lowest BCUT2D eigenvalue weighted by atomic mass is 10.1. The second-order valence-corrected chi connectivity index (χ2v) is 5.32. The van der Waals surface area contributed by atoms with E-state index in [2.05, 4.69) is 0 Å². The first-order valence-corrected chi connectivity index (χ1v) is 7.02. The Bertz CT molecular complexity index is 571. The highest BCUT2D eigenvalue weighted by atomic mass is 16.6. The number of benzene rings is 1. The average Bonchev–Trinajstić information content (AvgIpc) is 2.97. The second kappa shape index (κ2) is 5.63. The molecule has 0 aliphatic carbocycles. The number of carboxylic acid groups (broad SMARTS) is 1. The van der Waals surface area contributed by atoms with E-state index in [-0.39, 0.29) is 12.3 Å². The third-order valence-electron chi connectivity index (χ3n) is 3.85. The van der Waals surface area contributed by atoms with E-state index in [0.717, 1.165) is 5.56 Å². The van der Waals surface area contributed by atoms with Gasteiger partial charge in [-0.05, 0) is 24.1 Å². The Morgan fingerprint density at radius 1 is 1.24 bits per heavy atom. The Balaban J connectivity index is 1.64. The smallest absolute Gasteiger partial charge is 0.308 e. The van der Waals surface area contributed by atoms with E-state index in [1.807, 2.05) is 12.1 Å². The van der Waals surface area contributed by atoms with Crippen molar-refractivity contribution >= 4 is 11.9 Å². The monoisotopic (exact) mass is 291 g/mol. The topological polar surface area (TPSA) is 76.1 Å². The summed E-state index contributed by atoms with van der Waals surface area (Å²) in [7, 11) is 0. The van der Waals surface area contributed by atoms with Crippen molar-refractivity contribution in [2.45, 2.75) is 12.8 Å². The minimum atomic E-state index is -0.829. The number of ether oxygens (including phenoxy) is 2. The summed E-state index contributed by atoms with van der Waals surface area (Å²) in [6.07, 6.45) is 0.783. The van der Waals surface area contributed by atoms with Crippen LogP contribution in [0.3, 0.4) is 0 Å². The van der Waals surface area contributed by atoms with Gasteiger partial charge in [0.15, 0.2) is 11.5 Å². The fourth-order valence-electron chi connectivity index (χ4n) is 2.67. The predicted molar refractivity (Wildman–Crippen MR) is 73.5 cm³/mol. The van der Waals surface area contributed by atoms with E-state index in [1.165, 1.54) is 0 Å².